The van der Waals surface area contributed by atoms with E-state index in [9.17, 15) is 0 Å². The second-order valence-electron chi connectivity index (χ2n) is 5.83. The van der Waals surface area contributed by atoms with Gasteiger partial charge in [-0.3, -0.25) is 4.99 Å². The first-order valence-corrected chi connectivity index (χ1v) is 7.91. The maximum absolute atomic E-state index is 5.14. The molecular weight excluding hydrogens is 379 g/mol. The first kappa shape index (κ1) is 20.9. The Balaban J connectivity index is 0.00000400. The van der Waals surface area contributed by atoms with Crippen LogP contribution in [0, 0.1) is 5.92 Å². The van der Waals surface area contributed by atoms with Gasteiger partial charge in [0.1, 0.15) is 0 Å². The zero-order valence-electron chi connectivity index (χ0n) is 14.0. The van der Waals surface area contributed by atoms with Crippen molar-refractivity contribution in [2.24, 2.45) is 10.9 Å². The summed E-state index contributed by atoms with van der Waals surface area (Å²) in [6, 6.07) is 0.270. The average molecular weight is 412 g/mol. The fourth-order valence-electron chi connectivity index (χ4n) is 2.56. The van der Waals surface area contributed by atoms with E-state index < -0.39 is 0 Å². The molecule has 0 saturated carbocycles. The minimum Gasteiger partial charge on any atom is -0.383 e. The van der Waals surface area contributed by atoms with Crippen molar-refractivity contribution in [3.05, 3.63) is 0 Å². The Kier molecular flexibility index (Phi) is 12.4. The van der Waals surface area contributed by atoms with E-state index in [2.05, 4.69) is 41.3 Å². The third-order valence-corrected chi connectivity index (χ3v) is 3.47. The summed E-state index contributed by atoms with van der Waals surface area (Å²) in [5, 5.41) is 6.66. The number of ether oxygens (including phenoxy) is 1. The predicted octanol–water partition coefficient (Wildman–Crippen LogP) is 1.93. The number of nitrogens with zero attached hydrogens (tertiary/aromatic N) is 2. The van der Waals surface area contributed by atoms with Crippen LogP contribution in [-0.4, -0.2) is 63.3 Å². The molecule has 0 aromatic heterocycles. The highest BCUT2D eigenvalue weighted by Crippen LogP contribution is 2.10. The number of hydrogen-bond donors (Lipinski definition) is 2. The van der Waals surface area contributed by atoms with Gasteiger partial charge < -0.3 is 20.3 Å². The van der Waals surface area contributed by atoms with Crippen LogP contribution in [-0.2, 0) is 4.74 Å². The SMILES string of the molecule is CCNC(=NCC(C)CN1CCCC1)NC(C)COC.I. The predicted molar refractivity (Wildman–Crippen MR) is 101 cm³/mol. The van der Waals surface area contributed by atoms with Gasteiger partial charge in [-0.15, -0.1) is 24.0 Å². The number of halogens is 1. The molecule has 1 fully saturated rings. The van der Waals surface area contributed by atoms with Gasteiger partial charge in [0.2, 0.25) is 0 Å². The molecule has 1 heterocycles. The van der Waals surface area contributed by atoms with E-state index in [0.29, 0.717) is 12.5 Å². The lowest BCUT2D eigenvalue weighted by molar-refractivity contribution is 0.179. The van der Waals surface area contributed by atoms with E-state index in [1.807, 2.05) is 0 Å². The molecule has 126 valence electrons. The lowest BCUT2D eigenvalue weighted by Crippen LogP contribution is -2.44. The summed E-state index contributed by atoms with van der Waals surface area (Å²) >= 11 is 0. The van der Waals surface area contributed by atoms with Crippen molar-refractivity contribution in [2.45, 2.75) is 39.7 Å². The number of nitrogens with one attached hydrogen (secondary N) is 2. The molecule has 21 heavy (non-hydrogen) atoms. The first-order chi connectivity index (χ1) is 9.65. The van der Waals surface area contributed by atoms with Gasteiger partial charge >= 0.3 is 0 Å². The largest absolute Gasteiger partial charge is 0.383 e. The molecular formula is C15H33IN4O. The van der Waals surface area contributed by atoms with E-state index >= 15 is 0 Å². The Bertz CT molecular complexity index is 283. The average Bonchev–Trinajstić information content (AvgIpc) is 2.89. The molecule has 1 saturated heterocycles. The summed E-state index contributed by atoms with van der Waals surface area (Å²) in [6.45, 7) is 12.6. The molecule has 0 bridgehead atoms. The van der Waals surface area contributed by atoms with Gasteiger partial charge in [-0.1, -0.05) is 6.92 Å². The van der Waals surface area contributed by atoms with Crippen molar-refractivity contribution in [1.82, 2.24) is 15.5 Å². The Morgan fingerprint density at radius 1 is 1.29 bits per heavy atom. The van der Waals surface area contributed by atoms with E-state index in [1.165, 1.54) is 25.9 Å². The van der Waals surface area contributed by atoms with Crippen LogP contribution in [0.5, 0.6) is 0 Å². The van der Waals surface area contributed by atoms with Gasteiger partial charge in [0.05, 0.1) is 6.61 Å². The summed E-state index contributed by atoms with van der Waals surface area (Å²) in [5.74, 6) is 1.49. The number of methoxy groups -OCH3 is 1. The fourth-order valence-corrected chi connectivity index (χ4v) is 2.56. The van der Waals surface area contributed by atoms with Crippen molar-refractivity contribution in [1.29, 1.82) is 0 Å². The topological polar surface area (TPSA) is 48.9 Å². The second kappa shape index (κ2) is 12.5. The van der Waals surface area contributed by atoms with Gasteiger partial charge in [-0.25, -0.2) is 0 Å². The van der Waals surface area contributed by atoms with Gasteiger partial charge in [-0.05, 0) is 45.7 Å². The van der Waals surface area contributed by atoms with Crippen LogP contribution in [0.1, 0.15) is 33.6 Å². The number of guanidine groups is 1. The van der Waals surface area contributed by atoms with Crippen LogP contribution in [0.15, 0.2) is 4.99 Å². The van der Waals surface area contributed by atoms with Crippen molar-refractivity contribution < 1.29 is 4.74 Å². The lowest BCUT2D eigenvalue weighted by Gasteiger charge is -2.20. The number of likely N-dealkylation sites (tertiary alicyclic amines) is 1. The molecule has 0 aromatic carbocycles. The molecule has 2 N–H and O–H groups in total. The number of rotatable bonds is 8. The molecule has 1 rings (SSSR count). The smallest absolute Gasteiger partial charge is 0.191 e. The molecule has 6 heteroatoms. The third kappa shape index (κ3) is 9.52. The Hall–Kier alpha value is -0.0800. The second-order valence-corrected chi connectivity index (χ2v) is 5.83. The highest BCUT2D eigenvalue weighted by Gasteiger charge is 2.14. The van der Waals surface area contributed by atoms with E-state index in [4.69, 9.17) is 4.74 Å². The molecule has 5 nitrogen and oxygen atoms in total. The molecule has 2 unspecified atom stereocenters. The van der Waals surface area contributed by atoms with E-state index in [-0.39, 0.29) is 30.0 Å². The molecule has 0 amide bonds. The van der Waals surface area contributed by atoms with Crippen molar-refractivity contribution in [3.63, 3.8) is 0 Å². The van der Waals surface area contributed by atoms with Gasteiger partial charge in [0, 0.05) is 32.8 Å². The first-order valence-electron chi connectivity index (χ1n) is 7.91. The molecule has 0 spiro atoms. The summed E-state index contributed by atoms with van der Waals surface area (Å²) in [5.41, 5.74) is 0. The molecule has 2 atom stereocenters. The maximum atomic E-state index is 5.14. The molecule has 0 aliphatic carbocycles. The highest BCUT2D eigenvalue weighted by atomic mass is 127. The lowest BCUT2D eigenvalue weighted by atomic mass is 10.2. The van der Waals surface area contributed by atoms with Crippen LogP contribution in [0.4, 0.5) is 0 Å². The van der Waals surface area contributed by atoms with E-state index in [1.54, 1.807) is 7.11 Å². The highest BCUT2D eigenvalue weighted by molar-refractivity contribution is 14.0. The van der Waals surface area contributed by atoms with Crippen molar-refractivity contribution in [3.8, 4) is 0 Å². The number of aliphatic imine (C=N–C) groups is 1. The van der Waals surface area contributed by atoms with Gasteiger partial charge in [-0.2, -0.15) is 0 Å². The molecule has 1 aliphatic rings. The zero-order valence-corrected chi connectivity index (χ0v) is 16.4. The monoisotopic (exact) mass is 412 g/mol. The van der Waals surface area contributed by atoms with Crippen LogP contribution < -0.4 is 10.6 Å². The van der Waals surface area contributed by atoms with Gasteiger partial charge in [0.15, 0.2) is 5.96 Å². The molecule has 1 aliphatic heterocycles. The fraction of sp³-hybridized carbons (Fsp3) is 0.933. The van der Waals surface area contributed by atoms with Gasteiger partial charge in [0.25, 0.3) is 0 Å². The molecule has 0 radical (unpaired) electrons. The summed E-state index contributed by atoms with van der Waals surface area (Å²) < 4.78 is 5.14. The van der Waals surface area contributed by atoms with Crippen LogP contribution in [0.25, 0.3) is 0 Å². The Labute approximate surface area is 147 Å². The normalized spacial score (nSPS) is 19.0. The minimum atomic E-state index is 0. The van der Waals surface area contributed by atoms with Crippen LogP contribution >= 0.6 is 24.0 Å². The van der Waals surface area contributed by atoms with Crippen molar-refractivity contribution in [2.75, 3.05) is 46.4 Å². The minimum absolute atomic E-state index is 0. The van der Waals surface area contributed by atoms with Crippen LogP contribution in [0.2, 0.25) is 0 Å². The zero-order chi connectivity index (χ0) is 14.8. The summed E-state index contributed by atoms with van der Waals surface area (Å²) in [6.07, 6.45) is 2.71. The van der Waals surface area contributed by atoms with E-state index in [0.717, 1.165) is 25.6 Å². The Morgan fingerprint density at radius 3 is 2.52 bits per heavy atom. The van der Waals surface area contributed by atoms with Crippen molar-refractivity contribution >= 4 is 29.9 Å². The third-order valence-electron chi connectivity index (χ3n) is 3.47. The quantitative estimate of drug-likeness (QED) is 0.364. The summed E-state index contributed by atoms with van der Waals surface area (Å²) in [7, 11) is 1.72. The standard InChI is InChI=1S/C15H32N4O.HI/c1-5-16-15(18-14(3)12-20-4)17-10-13(2)11-19-8-6-7-9-19;/h13-14H,5-12H2,1-4H3,(H2,16,17,18);1H. The maximum Gasteiger partial charge on any atom is 0.191 e. The summed E-state index contributed by atoms with van der Waals surface area (Å²) in [4.78, 5) is 7.24. The Morgan fingerprint density at radius 2 is 1.95 bits per heavy atom. The number of hydrogen-bond acceptors (Lipinski definition) is 3. The van der Waals surface area contributed by atoms with Crippen LogP contribution in [0.3, 0.4) is 0 Å². The molecule has 0 aromatic rings.